The first-order valence-electron chi connectivity index (χ1n) is 4.37. The maximum atomic E-state index is 12.9. The summed E-state index contributed by atoms with van der Waals surface area (Å²) in [6, 6.07) is 3.78. The number of nitrogens with zero attached hydrogens (tertiary/aromatic N) is 1. The van der Waals surface area contributed by atoms with Gasteiger partial charge in [-0.2, -0.15) is 13.2 Å². The van der Waals surface area contributed by atoms with Gasteiger partial charge in [0.1, 0.15) is 11.5 Å². The molecule has 1 aromatic carbocycles. The lowest BCUT2D eigenvalue weighted by atomic mass is 10.0. The first-order valence-corrected chi connectivity index (χ1v) is 5.45. The second kappa shape index (κ2) is 4.28. The number of alkyl halides is 3. The number of aromatic nitrogens is 1. The van der Waals surface area contributed by atoms with Gasteiger partial charge in [-0.3, -0.25) is 0 Å². The van der Waals surface area contributed by atoms with Gasteiger partial charge >= 0.3 is 6.18 Å². The van der Waals surface area contributed by atoms with Crippen molar-refractivity contribution in [2.75, 3.05) is 0 Å². The van der Waals surface area contributed by atoms with Crippen molar-refractivity contribution in [1.29, 1.82) is 0 Å². The van der Waals surface area contributed by atoms with Gasteiger partial charge in [0.25, 0.3) is 0 Å². The van der Waals surface area contributed by atoms with Gasteiger partial charge in [0.05, 0.1) is 5.56 Å². The standard InChI is InChI=1S/C10H4F4INO/c11-5-1-2-6(7(3-5)10(12,13)14)8-4-9(15)17-16-8/h1-4H. The molecule has 1 aromatic heterocycles. The summed E-state index contributed by atoms with van der Waals surface area (Å²) in [6.45, 7) is 0. The highest BCUT2D eigenvalue weighted by atomic mass is 127. The van der Waals surface area contributed by atoms with E-state index < -0.39 is 17.6 Å². The fourth-order valence-corrected chi connectivity index (χ4v) is 1.75. The molecule has 2 rings (SSSR count). The first-order chi connectivity index (χ1) is 7.88. The molecule has 2 aromatic rings. The third kappa shape index (κ3) is 2.59. The van der Waals surface area contributed by atoms with Crippen LogP contribution in [0.25, 0.3) is 11.3 Å². The van der Waals surface area contributed by atoms with E-state index in [1.165, 1.54) is 6.07 Å². The summed E-state index contributed by atoms with van der Waals surface area (Å²) in [5.41, 5.74) is -1.24. The minimum atomic E-state index is -4.64. The maximum Gasteiger partial charge on any atom is 0.417 e. The normalized spacial score (nSPS) is 11.8. The smallest absolute Gasteiger partial charge is 0.350 e. The Kier molecular flexibility index (Phi) is 3.11. The third-order valence-electron chi connectivity index (χ3n) is 2.04. The van der Waals surface area contributed by atoms with Gasteiger partial charge in [-0.15, -0.1) is 0 Å². The molecule has 17 heavy (non-hydrogen) atoms. The zero-order chi connectivity index (χ0) is 12.6. The highest BCUT2D eigenvalue weighted by molar-refractivity contribution is 14.1. The predicted octanol–water partition coefficient (Wildman–Crippen LogP) is 4.10. The largest absolute Gasteiger partial charge is 0.417 e. The molecule has 90 valence electrons. The van der Waals surface area contributed by atoms with Crippen molar-refractivity contribution in [3.8, 4) is 11.3 Å². The van der Waals surface area contributed by atoms with Crippen molar-refractivity contribution < 1.29 is 22.1 Å². The zero-order valence-electron chi connectivity index (χ0n) is 8.05. The minimum Gasteiger partial charge on any atom is -0.350 e. The summed E-state index contributed by atoms with van der Waals surface area (Å²) in [4.78, 5) is 0. The van der Waals surface area contributed by atoms with E-state index in [0.717, 1.165) is 12.1 Å². The SMILES string of the molecule is Fc1ccc(-c2cc(I)on2)c(C(F)(F)F)c1. The Morgan fingerprint density at radius 2 is 1.88 bits per heavy atom. The van der Waals surface area contributed by atoms with Crippen LogP contribution >= 0.6 is 22.6 Å². The second-order valence-electron chi connectivity index (χ2n) is 3.20. The second-order valence-corrected chi connectivity index (χ2v) is 4.27. The molecule has 0 atom stereocenters. The zero-order valence-corrected chi connectivity index (χ0v) is 10.2. The predicted molar refractivity (Wildman–Crippen MR) is 59.6 cm³/mol. The summed E-state index contributed by atoms with van der Waals surface area (Å²) in [7, 11) is 0. The van der Waals surface area contributed by atoms with Gasteiger partial charge < -0.3 is 4.52 Å². The molecule has 0 saturated carbocycles. The third-order valence-corrected chi connectivity index (χ3v) is 2.55. The molecule has 0 bridgehead atoms. The maximum absolute atomic E-state index is 12.9. The topological polar surface area (TPSA) is 26.0 Å². The molecular weight excluding hydrogens is 353 g/mol. The van der Waals surface area contributed by atoms with E-state index in [4.69, 9.17) is 4.52 Å². The summed E-state index contributed by atoms with van der Waals surface area (Å²) >= 11 is 1.78. The Bertz CT molecular complexity index is 549. The number of hydrogen-bond acceptors (Lipinski definition) is 2. The lowest BCUT2D eigenvalue weighted by Gasteiger charge is -2.10. The van der Waals surface area contributed by atoms with E-state index in [-0.39, 0.29) is 11.3 Å². The van der Waals surface area contributed by atoms with Crippen molar-refractivity contribution in [3.63, 3.8) is 0 Å². The number of hydrogen-bond donors (Lipinski definition) is 0. The van der Waals surface area contributed by atoms with Crippen LogP contribution in [0.1, 0.15) is 5.56 Å². The molecule has 0 radical (unpaired) electrons. The number of rotatable bonds is 1. The Hall–Kier alpha value is -1.12. The Morgan fingerprint density at radius 3 is 2.41 bits per heavy atom. The molecular formula is C10H4F4INO. The van der Waals surface area contributed by atoms with Crippen LogP contribution in [0, 0.1) is 9.58 Å². The Morgan fingerprint density at radius 1 is 1.18 bits per heavy atom. The minimum absolute atomic E-state index is 0.0294. The van der Waals surface area contributed by atoms with Gasteiger partial charge in [-0.1, -0.05) is 5.16 Å². The van der Waals surface area contributed by atoms with E-state index >= 15 is 0 Å². The fourth-order valence-electron chi connectivity index (χ4n) is 1.35. The van der Waals surface area contributed by atoms with Crippen LogP contribution in [0.4, 0.5) is 17.6 Å². The van der Waals surface area contributed by atoms with Crippen LogP contribution in [0.15, 0.2) is 28.8 Å². The molecule has 0 N–H and O–H groups in total. The van der Waals surface area contributed by atoms with Crippen LogP contribution in [-0.4, -0.2) is 5.16 Å². The van der Waals surface area contributed by atoms with Crippen molar-refractivity contribution >= 4 is 22.6 Å². The molecule has 0 unspecified atom stereocenters. The monoisotopic (exact) mass is 357 g/mol. The summed E-state index contributed by atoms with van der Waals surface area (Å²) in [5.74, 6) is -0.945. The van der Waals surface area contributed by atoms with Crippen LogP contribution in [0.5, 0.6) is 0 Å². The quantitative estimate of drug-likeness (QED) is 0.567. The fraction of sp³-hybridized carbons (Fsp3) is 0.100. The van der Waals surface area contributed by atoms with Crippen molar-refractivity contribution in [2.24, 2.45) is 0 Å². The molecule has 0 spiro atoms. The average molecular weight is 357 g/mol. The molecule has 0 amide bonds. The van der Waals surface area contributed by atoms with E-state index in [0.29, 0.717) is 9.83 Å². The Balaban J connectivity index is 2.61. The summed E-state index contributed by atoms with van der Waals surface area (Å²) in [6.07, 6.45) is -4.64. The summed E-state index contributed by atoms with van der Waals surface area (Å²) in [5, 5.41) is 3.48. The molecule has 7 heteroatoms. The highest BCUT2D eigenvalue weighted by Gasteiger charge is 2.34. The molecule has 0 aliphatic carbocycles. The van der Waals surface area contributed by atoms with Gasteiger partial charge in [0, 0.05) is 34.2 Å². The van der Waals surface area contributed by atoms with Gasteiger partial charge in [-0.25, -0.2) is 4.39 Å². The van der Waals surface area contributed by atoms with Crippen LogP contribution in [0.2, 0.25) is 0 Å². The van der Waals surface area contributed by atoms with E-state index in [1.54, 1.807) is 22.6 Å². The Labute approximate surface area is 107 Å². The van der Waals surface area contributed by atoms with Crippen LogP contribution in [-0.2, 0) is 6.18 Å². The van der Waals surface area contributed by atoms with E-state index in [1.807, 2.05) is 0 Å². The lowest BCUT2D eigenvalue weighted by molar-refractivity contribution is -0.137. The van der Waals surface area contributed by atoms with Gasteiger partial charge in [-0.05, 0) is 18.2 Å². The molecule has 2 nitrogen and oxygen atoms in total. The van der Waals surface area contributed by atoms with Crippen LogP contribution in [0.3, 0.4) is 0 Å². The van der Waals surface area contributed by atoms with Crippen molar-refractivity contribution in [3.05, 3.63) is 39.4 Å². The molecule has 0 fully saturated rings. The van der Waals surface area contributed by atoms with Gasteiger partial charge in [0.15, 0.2) is 3.77 Å². The highest BCUT2D eigenvalue weighted by Crippen LogP contribution is 2.37. The van der Waals surface area contributed by atoms with E-state index in [9.17, 15) is 17.6 Å². The summed E-state index contributed by atoms with van der Waals surface area (Å²) < 4.78 is 56.0. The molecule has 0 saturated heterocycles. The number of benzene rings is 1. The average Bonchev–Trinajstić information content (AvgIpc) is 2.63. The van der Waals surface area contributed by atoms with Crippen molar-refractivity contribution in [1.82, 2.24) is 5.16 Å². The van der Waals surface area contributed by atoms with Crippen LogP contribution < -0.4 is 0 Å². The number of halogens is 5. The molecule has 0 aliphatic rings. The lowest BCUT2D eigenvalue weighted by Crippen LogP contribution is -2.07. The first kappa shape index (κ1) is 12.3. The van der Waals surface area contributed by atoms with E-state index in [2.05, 4.69) is 5.16 Å². The van der Waals surface area contributed by atoms with Gasteiger partial charge in [0.2, 0.25) is 0 Å². The van der Waals surface area contributed by atoms with Crippen molar-refractivity contribution in [2.45, 2.75) is 6.18 Å². The molecule has 1 heterocycles. The molecule has 0 aliphatic heterocycles.